The van der Waals surface area contributed by atoms with E-state index >= 15 is 0 Å². The monoisotopic (exact) mass is 354 g/mol. The van der Waals surface area contributed by atoms with Gasteiger partial charge in [-0.1, -0.05) is 29.8 Å². The van der Waals surface area contributed by atoms with Gasteiger partial charge >= 0.3 is 0 Å². The number of aryl methyl sites for hydroxylation is 1. The molecule has 2 aromatic rings. The number of amides is 2. The van der Waals surface area contributed by atoms with E-state index in [0.717, 1.165) is 29.1 Å². The molecule has 0 bridgehead atoms. The van der Waals surface area contributed by atoms with Crippen LogP contribution in [-0.2, 0) is 21.8 Å². The summed E-state index contributed by atoms with van der Waals surface area (Å²) in [5.74, 6) is 1.30. The predicted octanol–water partition coefficient (Wildman–Crippen LogP) is 3.78. The zero-order valence-electron chi connectivity index (χ0n) is 14.5. The largest absolute Gasteiger partial charge is 0.325 e. The molecule has 3 rings (SSSR count). The smallest absolute Gasteiger partial charge is 0.234 e. The molecule has 1 aliphatic rings. The van der Waals surface area contributed by atoms with Gasteiger partial charge in [0.2, 0.25) is 11.8 Å². The fraction of sp³-hybridized carbons (Fsp3) is 0.300. The van der Waals surface area contributed by atoms with Crippen molar-refractivity contribution in [2.75, 3.05) is 22.5 Å². The Hall–Kier alpha value is -2.27. The summed E-state index contributed by atoms with van der Waals surface area (Å²) < 4.78 is 0. The van der Waals surface area contributed by atoms with E-state index in [0.29, 0.717) is 12.3 Å². The van der Waals surface area contributed by atoms with Crippen LogP contribution in [0.4, 0.5) is 11.4 Å². The predicted molar refractivity (Wildman–Crippen MR) is 104 cm³/mol. The van der Waals surface area contributed by atoms with E-state index in [9.17, 15) is 9.59 Å². The Labute approximate surface area is 152 Å². The van der Waals surface area contributed by atoms with Crippen LogP contribution in [0.25, 0.3) is 0 Å². The summed E-state index contributed by atoms with van der Waals surface area (Å²) in [6, 6.07) is 14.1. The molecule has 0 aromatic heterocycles. The molecule has 0 radical (unpaired) electrons. The summed E-state index contributed by atoms with van der Waals surface area (Å²) in [6.45, 7) is 4.37. The van der Waals surface area contributed by atoms with E-state index < -0.39 is 0 Å². The average Bonchev–Trinajstić information content (AvgIpc) is 2.98. The number of hydrogen-bond donors (Lipinski definition) is 1. The molecule has 25 heavy (non-hydrogen) atoms. The zero-order valence-corrected chi connectivity index (χ0v) is 15.4. The van der Waals surface area contributed by atoms with Gasteiger partial charge in [-0.2, -0.15) is 0 Å². The second kappa shape index (κ2) is 7.74. The summed E-state index contributed by atoms with van der Waals surface area (Å²) in [6.07, 6.45) is 0.834. The molecule has 0 saturated heterocycles. The van der Waals surface area contributed by atoms with Crippen LogP contribution in [0.5, 0.6) is 0 Å². The van der Waals surface area contributed by atoms with E-state index in [1.54, 1.807) is 23.6 Å². The number of hydrogen-bond acceptors (Lipinski definition) is 3. The quantitative estimate of drug-likeness (QED) is 0.889. The third kappa shape index (κ3) is 4.42. The van der Waals surface area contributed by atoms with E-state index in [-0.39, 0.29) is 11.8 Å². The van der Waals surface area contributed by atoms with Crippen LogP contribution in [0, 0.1) is 6.92 Å². The Balaban J connectivity index is 1.52. The SMILES string of the molecule is CC(=O)N1CCc2cc(NC(=O)CSCc3cccc(C)c3)ccc21. The lowest BCUT2D eigenvalue weighted by Crippen LogP contribution is -2.25. The van der Waals surface area contributed by atoms with Crippen LogP contribution >= 0.6 is 11.8 Å². The van der Waals surface area contributed by atoms with Crippen LogP contribution in [0.2, 0.25) is 0 Å². The number of benzene rings is 2. The minimum Gasteiger partial charge on any atom is -0.325 e. The standard InChI is InChI=1S/C20H22N2O2S/c1-14-4-3-5-16(10-14)12-25-13-20(24)21-18-6-7-19-17(11-18)8-9-22(19)15(2)23/h3-7,10-11H,8-9,12-13H2,1-2H3,(H,21,24). The summed E-state index contributed by atoms with van der Waals surface area (Å²) in [4.78, 5) is 25.5. The lowest BCUT2D eigenvalue weighted by Gasteiger charge is -2.15. The van der Waals surface area contributed by atoms with Crippen LogP contribution in [-0.4, -0.2) is 24.1 Å². The van der Waals surface area contributed by atoms with Gasteiger partial charge in [0.1, 0.15) is 0 Å². The zero-order chi connectivity index (χ0) is 17.8. The van der Waals surface area contributed by atoms with E-state index in [2.05, 4.69) is 30.4 Å². The molecule has 130 valence electrons. The number of thioether (sulfide) groups is 1. The molecule has 1 N–H and O–H groups in total. The van der Waals surface area contributed by atoms with Gasteiger partial charge in [0.25, 0.3) is 0 Å². The Morgan fingerprint density at radius 1 is 1.20 bits per heavy atom. The highest BCUT2D eigenvalue weighted by Gasteiger charge is 2.22. The molecule has 2 amide bonds. The van der Waals surface area contributed by atoms with Gasteiger partial charge in [0, 0.05) is 30.6 Å². The highest BCUT2D eigenvalue weighted by atomic mass is 32.2. The lowest BCUT2D eigenvalue weighted by molar-refractivity contribution is -0.116. The van der Waals surface area contributed by atoms with Crippen LogP contribution in [0.1, 0.15) is 23.6 Å². The number of anilines is 2. The number of carbonyl (C=O) groups is 2. The topological polar surface area (TPSA) is 49.4 Å². The first-order valence-corrected chi connectivity index (χ1v) is 9.52. The molecular weight excluding hydrogens is 332 g/mol. The molecule has 1 aliphatic heterocycles. The molecule has 0 unspecified atom stereocenters. The molecule has 2 aromatic carbocycles. The molecule has 0 fully saturated rings. The number of carbonyl (C=O) groups excluding carboxylic acids is 2. The third-order valence-electron chi connectivity index (χ3n) is 4.22. The van der Waals surface area contributed by atoms with Gasteiger partial charge in [-0.3, -0.25) is 9.59 Å². The molecular formula is C20H22N2O2S. The molecule has 5 heteroatoms. The van der Waals surface area contributed by atoms with Crippen molar-refractivity contribution in [3.63, 3.8) is 0 Å². The number of nitrogens with zero attached hydrogens (tertiary/aromatic N) is 1. The molecule has 0 atom stereocenters. The second-order valence-electron chi connectivity index (χ2n) is 6.29. The highest BCUT2D eigenvalue weighted by Crippen LogP contribution is 2.30. The summed E-state index contributed by atoms with van der Waals surface area (Å²) in [5, 5.41) is 2.95. The summed E-state index contributed by atoms with van der Waals surface area (Å²) >= 11 is 1.61. The van der Waals surface area contributed by atoms with Gasteiger partial charge in [0.15, 0.2) is 0 Å². The highest BCUT2D eigenvalue weighted by molar-refractivity contribution is 7.99. The van der Waals surface area contributed by atoms with Crippen LogP contribution in [0.3, 0.4) is 0 Å². The first kappa shape index (κ1) is 17.5. The maximum absolute atomic E-state index is 12.1. The van der Waals surface area contributed by atoms with E-state index in [1.165, 1.54) is 11.1 Å². The van der Waals surface area contributed by atoms with Gasteiger partial charge in [-0.05, 0) is 42.7 Å². The first-order chi connectivity index (χ1) is 12.0. The number of fused-ring (bicyclic) bond motifs is 1. The minimum atomic E-state index is -0.000904. The van der Waals surface area contributed by atoms with Crippen LogP contribution in [0.15, 0.2) is 42.5 Å². The molecule has 0 saturated carbocycles. The lowest BCUT2D eigenvalue weighted by atomic mass is 10.1. The molecule has 0 spiro atoms. The number of nitrogens with one attached hydrogen (secondary N) is 1. The van der Waals surface area contributed by atoms with Gasteiger partial charge < -0.3 is 10.2 Å². The molecule has 4 nitrogen and oxygen atoms in total. The molecule has 1 heterocycles. The van der Waals surface area contributed by atoms with Crippen LogP contribution < -0.4 is 10.2 Å². The summed E-state index contributed by atoms with van der Waals surface area (Å²) in [7, 11) is 0. The second-order valence-corrected chi connectivity index (χ2v) is 7.28. The molecule has 0 aliphatic carbocycles. The van der Waals surface area contributed by atoms with Crippen molar-refractivity contribution >= 4 is 35.0 Å². The van der Waals surface area contributed by atoms with Crippen molar-refractivity contribution in [1.29, 1.82) is 0 Å². The van der Waals surface area contributed by atoms with Crippen molar-refractivity contribution in [3.8, 4) is 0 Å². The Kier molecular flexibility index (Phi) is 5.43. The minimum absolute atomic E-state index is 0.000904. The van der Waals surface area contributed by atoms with Crippen molar-refractivity contribution in [2.24, 2.45) is 0 Å². The fourth-order valence-corrected chi connectivity index (χ4v) is 3.84. The average molecular weight is 354 g/mol. The van der Waals surface area contributed by atoms with Crippen molar-refractivity contribution < 1.29 is 9.59 Å². The van der Waals surface area contributed by atoms with Gasteiger partial charge in [-0.25, -0.2) is 0 Å². The third-order valence-corrected chi connectivity index (χ3v) is 5.23. The van der Waals surface area contributed by atoms with Crippen molar-refractivity contribution in [1.82, 2.24) is 0 Å². The Bertz CT molecular complexity index is 804. The van der Waals surface area contributed by atoms with Gasteiger partial charge in [0.05, 0.1) is 5.75 Å². The first-order valence-electron chi connectivity index (χ1n) is 8.37. The fourth-order valence-electron chi connectivity index (χ4n) is 3.07. The van der Waals surface area contributed by atoms with Gasteiger partial charge in [-0.15, -0.1) is 11.8 Å². The van der Waals surface area contributed by atoms with Crippen molar-refractivity contribution in [3.05, 3.63) is 59.2 Å². The Morgan fingerprint density at radius 2 is 2.04 bits per heavy atom. The number of rotatable bonds is 5. The summed E-state index contributed by atoms with van der Waals surface area (Å²) in [5.41, 5.74) is 5.34. The Morgan fingerprint density at radius 3 is 2.80 bits per heavy atom. The van der Waals surface area contributed by atoms with E-state index in [4.69, 9.17) is 0 Å². The normalized spacial score (nSPS) is 12.8. The van der Waals surface area contributed by atoms with Crippen molar-refractivity contribution in [2.45, 2.75) is 26.0 Å². The maximum Gasteiger partial charge on any atom is 0.234 e. The maximum atomic E-state index is 12.1. The van der Waals surface area contributed by atoms with E-state index in [1.807, 2.05) is 24.3 Å².